The SMILES string of the molecule is C=C(C)COCCNc1cc(C)ccc1C(=O)O. The summed E-state index contributed by atoms with van der Waals surface area (Å²) in [5.74, 6) is -0.930. The zero-order valence-electron chi connectivity index (χ0n) is 10.8. The summed E-state index contributed by atoms with van der Waals surface area (Å²) < 4.78 is 5.34. The lowest BCUT2D eigenvalue weighted by molar-refractivity contribution is 0.0698. The van der Waals surface area contributed by atoms with Crippen molar-refractivity contribution in [1.82, 2.24) is 0 Å². The summed E-state index contributed by atoms with van der Waals surface area (Å²) in [6.45, 7) is 9.17. The minimum Gasteiger partial charge on any atom is -0.478 e. The third-order valence-corrected chi connectivity index (χ3v) is 2.32. The number of nitrogens with one attached hydrogen (secondary N) is 1. The molecule has 0 saturated carbocycles. The highest BCUT2D eigenvalue weighted by Crippen LogP contribution is 2.17. The number of hydrogen-bond acceptors (Lipinski definition) is 3. The summed E-state index contributed by atoms with van der Waals surface area (Å²) in [6.07, 6.45) is 0. The fraction of sp³-hybridized carbons (Fsp3) is 0.357. The molecule has 1 aromatic carbocycles. The van der Waals surface area contributed by atoms with Gasteiger partial charge in [0.05, 0.1) is 18.8 Å². The molecule has 0 fully saturated rings. The Balaban J connectivity index is 2.53. The Morgan fingerprint density at radius 1 is 1.50 bits per heavy atom. The number of hydrogen-bond donors (Lipinski definition) is 2. The minimum atomic E-state index is -0.930. The van der Waals surface area contributed by atoms with Gasteiger partial charge in [0.25, 0.3) is 0 Å². The molecule has 0 heterocycles. The van der Waals surface area contributed by atoms with Gasteiger partial charge in [-0.15, -0.1) is 0 Å². The molecule has 0 radical (unpaired) electrons. The first kappa shape index (κ1) is 14.3. The topological polar surface area (TPSA) is 58.6 Å². The lowest BCUT2D eigenvalue weighted by atomic mass is 10.1. The molecule has 2 N–H and O–H groups in total. The van der Waals surface area contributed by atoms with Crippen LogP contribution in [0, 0.1) is 6.92 Å². The first-order chi connectivity index (χ1) is 8.50. The molecule has 0 unspecified atom stereocenters. The summed E-state index contributed by atoms with van der Waals surface area (Å²) >= 11 is 0. The van der Waals surface area contributed by atoms with Crippen molar-refractivity contribution >= 4 is 11.7 Å². The van der Waals surface area contributed by atoms with Crippen molar-refractivity contribution in [1.29, 1.82) is 0 Å². The number of ether oxygens (including phenoxy) is 1. The Labute approximate surface area is 107 Å². The van der Waals surface area contributed by atoms with Crippen LogP contribution in [0.3, 0.4) is 0 Å². The van der Waals surface area contributed by atoms with Gasteiger partial charge in [0.2, 0.25) is 0 Å². The second kappa shape index (κ2) is 6.81. The van der Waals surface area contributed by atoms with Crippen molar-refractivity contribution in [2.24, 2.45) is 0 Å². The van der Waals surface area contributed by atoms with E-state index in [9.17, 15) is 4.79 Å². The fourth-order valence-corrected chi connectivity index (χ4v) is 1.50. The molecule has 0 aliphatic carbocycles. The Morgan fingerprint density at radius 2 is 2.22 bits per heavy atom. The van der Waals surface area contributed by atoms with Crippen LogP contribution in [0.5, 0.6) is 0 Å². The van der Waals surface area contributed by atoms with Gasteiger partial charge in [-0.3, -0.25) is 0 Å². The maximum Gasteiger partial charge on any atom is 0.337 e. The third kappa shape index (κ3) is 4.59. The van der Waals surface area contributed by atoms with Crippen molar-refractivity contribution in [3.05, 3.63) is 41.5 Å². The predicted octanol–water partition coefficient (Wildman–Crippen LogP) is 2.70. The summed E-state index contributed by atoms with van der Waals surface area (Å²) in [5, 5.41) is 12.1. The van der Waals surface area contributed by atoms with E-state index in [-0.39, 0.29) is 5.56 Å². The number of aromatic carboxylic acids is 1. The monoisotopic (exact) mass is 249 g/mol. The number of carboxylic acid groups (broad SMARTS) is 1. The van der Waals surface area contributed by atoms with Crippen molar-refractivity contribution in [2.75, 3.05) is 25.1 Å². The van der Waals surface area contributed by atoms with Crippen molar-refractivity contribution in [3.63, 3.8) is 0 Å². The molecule has 0 bridgehead atoms. The third-order valence-electron chi connectivity index (χ3n) is 2.32. The fourth-order valence-electron chi connectivity index (χ4n) is 1.50. The van der Waals surface area contributed by atoms with Crippen molar-refractivity contribution in [2.45, 2.75) is 13.8 Å². The van der Waals surface area contributed by atoms with Gasteiger partial charge in [-0.2, -0.15) is 0 Å². The van der Waals surface area contributed by atoms with Crippen LogP contribution in [-0.2, 0) is 4.74 Å². The average Bonchev–Trinajstić information content (AvgIpc) is 2.27. The molecule has 0 amide bonds. The van der Waals surface area contributed by atoms with Crippen LogP contribution in [0.2, 0.25) is 0 Å². The molecular weight excluding hydrogens is 230 g/mol. The van der Waals surface area contributed by atoms with Crippen LogP contribution in [0.4, 0.5) is 5.69 Å². The van der Waals surface area contributed by atoms with Gasteiger partial charge >= 0.3 is 5.97 Å². The second-order valence-corrected chi connectivity index (χ2v) is 4.29. The van der Waals surface area contributed by atoms with Gasteiger partial charge in [0.1, 0.15) is 0 Å². The quantitative estimate of drug-likeness (QED) is 0.576. The Hall–Kier alpha value is -1.81. The van der Waals surface area contributed by atoms with E-state index in [1.54, 1.807) is 12.1 Å². The molecular formula is C14H19NO3. The predicted molar refractivity (Wildman–Crippen MR) is 72.3 cm³/mol. The lowest BCUT2D eigenvalue weighted by Gasteiger charge is -2.11. The Kier molecular flexibility index (Phi) is 5.39. The first-order valence-electron chi connectivity index (χ1n) is 5.80. The average molecular weight is 249 g/mol. The van der Waals surface area contributed by atoms with E-state index in [0.29, 0.717) is 25.4 Å². The summed E-state index contributed by atoms with van der Waals surface area (Å²) in [5.41, 5.74) is 2.89. The highest BCUT2D eigenvalue weighted by atomic mass is 16.5. The van der Waals surface area contributed by atoms with Crippen LogP contribution in [0.1, 0.15) is 22.8 Å². The molecule has 1 rings (SSSR count). The zero-order chi connectivity index (χ0) is 13.5. The number of carboxylic acids is 1. The highest BCUT2D eigenvalue weighted by molar-refractivity contribution is 5.94. The molecule has 98 valence electrons. The van der Waals surface area contributed by atoms with E-state index in [0.717, 1.165) is 11.1 Å². The molecule has 0 aliphatic heterocycles. The molecule has 18 heavy (non-hydrogen) atoms. The smallest absolute Gasteiger partial charge is 0.337 e. The summed E-state index contributed by atoms with van der Waals surface area (Å²) in [4.78, 5) is 11.0. The normalized spacial score (nSPS) is 10.1. The Morgan fingerprint density at radius 3 is 2.83 bits per heavy atom. The Bertz CT molecular complexity index is 441. The molecule has 0 spiro atoms. The number of rotatable bonds is 7. The zero-order valence-corrected chi connectivity index (χ0v) is 10.8. The maximum absolute atomic E-state index is 11.0. The molecule has 0 saturated heterocycles. The van der Waals surface area contributed by atoms with Crippen molar-refractivity contribution in [3.8, 4) is 0 Å². The number of benzene rings is 1. The van der Waals surface area contributed by atoms with E-state index < -0.39 is 5.97 Å². The summed E-state index contributed by atoms with van der Waals surface area (Å²) in [6, 6.07) is 5.21. The van der Waals surface area contributed by atoms with Crippen LogP contribution in [0.15, 0.2) is 30.4 Å². The van der Waals surface area contributed by atoms with E-state index in [1.807, 2.05) is 19.9 Å². The summed E-state index contributed by atoms with van der Waals surface area (Å²) in [7, 11) is 0. The van der Waals surface area contributed by atoms with Gasteiger partial charge in [-0.05, 0) is 31.5 Å². The van der Waals surface area contributed by atoms with Crippen LogP contribution in [-0.4, -0.2) is 30.8 Å². The minimum absolute atomic E-state index is 0.278. The van der Waals surface area contributed by atoms with Crippen LogP contribution < -0.4 is 5.32 Å². The molecule has 4 heteroatoms. The standard InChI is InChI=1S/C14H19NO3/c1-10(2)9-18-7-6-15-13-8-11(3)4-5-12(13)14(16)17/h4-5,8,15H,1,6-7,9H2,2-3H3,(H,16,17). The highest BCUT2D eigenvalue weighted by Gasteiger charge is 2.09. The van der Waals surface area contributed by atoms with E-state index in [2.05, 4.69) is 11.9 Å². The number of anilines is 1. The molecule has 0 aliphatic rings. The van der Waals surface area contributed by atoms with Gasteiger partial charge in [0.15, 0.2) is 0 Å². The number of aryl methyl sites for hydroxylation is 1. The lowest BCUT2D eigenvalue weighted by Crippen LogP contribution is -2.13. The first-order valence-corrected chi connectivity index (χ1v) is 5.80. The maximum atomic E-state index is 11.0. The molecule has 1 aromatic rings. The van der Waals surface area contributed by atoms with Gasteiger partial charge in [-0.1, -0.05) is 18.2 Å². The van der Waals surface area contributed by atoms with Crippen molar-refractivity contribution < 1.29 is 14.6 Å². The van der Waals surface area contributed by atoms with Gasteiger partial charge in [-0.25, -0.2) is 4.79 Å². The molecule has 0 atom stereocenters. The van der Waals surface area contributed by atoms with E-state index in [4.69, 9.17) is 9.84 Å². The van der Waals surface area contributed by atoms with E-state index >= 15 is 0 Å². The molecule has 4 nitrogen and oxygen atoms in total. The molecule has 0 aromatic heterocycles. The van der Waals surface area contributed by atoms with E-state index in [1.165, 1.54) is 0 Å². The van der Waals surface area contributed by atoms with Gasteiger partial charge in [0, 0.05) is 12.2 Å². The van der Waals surface area contributed by atoms with Crippen LogP contribution in [0.25, 0.3) is 0 Å². The van der Waals surface area contributed by atoms with Crippen LogP contribution >= 0.6 is 0 Å². The second-order valence-electron chi connectivity index (χ2n) is 4.29. The number of carbonyl (C=O) groups is 1. The largest absolute Gasteiger partial charge is 0.478 e. The van der Waals surface area contributed by atoms with Gasteiger partial charge < -0.3 is 15.2 Å².